The van der Waals surface area contributed by atoms with Crippen LogP contribution < -0.4 is 10.5 Å². The summed E-state index contributed by atoms with van der Waals surface area (Å²) >= 11 is 0. The van der Waals surface area contributed by atoms with Gasteiger partial charge in [-0.3, -0.25) is 0 Å². The van der Waals surface area contributed by atoms with Crippen LogP contribution in [0.25, 0.3) is 0 Å². The van der Waals surface area contributed by atoms with E-state index in [2.05, 4.69) is 4.72 Å². The van der Waals surface area contributed by atoms with Gasteiger partial charge in [-0.05, 0) is 43.1 Å². The van der Waals surface area contributed by atoms with Gasteiger partial charge >= 0.3 is 0 Å². The molecule has 0 aliphatic heterocycles. The van der Waals surface area contributed by atoms with Crippen molar-refractivity contribution in [3.63, 3.8) is 0 Å². The summed E-state index contributed by atoms with van der Waals surface area (Å²) in [5, 5.41) is 0. The zero-order chi connectivity index (χ0) is 15.3. The van der Waals surface area contributed by atoms with E-state index in [0.29, 0.717) is 18.5 Å². The van der Waals surface area contributed by atoms with Crippen LogP contribution in [0.5, 0.6) is 0 Å². The SMILES string of the molecule is CC(CS(=O)(=O)NCC1CCC(N)CC1)c1ccccc1. The molecule has 1 aliphatic rings. The van der Waals surface area contributed by atoms with Crippen LogP contribution in [-0.2, 0) is 10.0 Å². The van der Waals surface area contributed by atoms with E-state index in [4.69, 9.17) is 5.73 Å². The average molecular weight is 310 g/mol. The molecule has 2 rings (SSSR count). The summed E-state index contributed by atoms with van der Waals surface area (Å²) < 4.78 is 27.1. The van der Waals surface area contributed by atoms with Gasteiger partial charge in [0.05, 0.1) is 5.75 Å². The van der Waals surface area contributed by atoms with Gasteiger partial charge in [0, 0.05) is 12.6 Å². The number of hydrogen-bond donors (Lipinski definition) is 2. The third-order valence-corrected chi connectivity index (χ3v) is 5.87. The molecule has 0 amide bonds. The first-order valence-corrected chi connectivity index (χ1v) is 9.39. The van der Waals surface area contributed by atoms with Crippen molar-refractivity contribution in [2.24, 2.45) is 11.7 Å². The van der Waals surface area contributed by atoms with Crippen LogP contribution in [0, 0.1) is 5.92 Å². The Kier molecular flexibility index (Phi) is 5.79. The molecule has 0 radical (unpaired) electrons. The predicted octanol–water partition coefficient (Wildman–Crippen LogP) is 2.23. The van der Waals surface area contributed by atoms with E-state index < -0.39 is 10.0 Å². The lowest BCUT2D eigenvalue weighted by atomic mass is 9.87. The molecular weight excluding hydrogens is 284 g/mol. The Morgan fingerprint density at radius 3 is 2.43 bits per heavy atom. The highest BCUT2D eigenvalue weighted by Gasteiger charge is 2.22. The van der Waals surface area contributed by atoms with Crippen LogP contribution in [0.15, 0.2) is 30.3 Å². The number of nitrogens with two attached hydrogens (primary N) is 1. The summed E-state index contributed by atoms with van der Waals surface area (Å²) in [7, 11) is -3.22. The highest BCUT2D eigenvalue weighted by atomic mass is 32.2. The lowest BCUT2D eigenvalue weighted by Crippen LogP contribution is -2.36. The molecule has 0 aromatic heterocycles. The van der Waals surface area contributed by atoms with Gasteiger partial charge in [-0.2, -0.15) is 0 Å². The number of nitrogens with one attached hydrogen (secondary N) is 1. The van der Waals surface area contributed by atoms with E-state index in [9.17, 15) is 8.42 Å². The Morgan fingerprint density at radius 1 is 1.19 bits per heavy atom. The van der Waals surface area contributed by atoms with Crippen LogP contribution in [0.2, 0.25) is 0 Å². The predicted molar refractivity (Wildman–Crippen MR) is 86.6 cm³/mol. The van der Waals surface area contributed by atoms with Gasteiger partial charge in [-0.25, -0.2) is 13.1 Å². The summed E-state index contributed by atoms with van der Waals surface area (Å²) in [4.78, 5) is 0. The molecule has 4 nitrogen and oxygen atoms in total. The Morgan fingerprint density at radius 2 is 1.81 bits per heavy atom. The molecule has 1 aliphatic carbocycles. The van der Waals surface area contributed by atoms with Crippen LogP contribution in [-0.4, -0.2) is 26.8 Å². The first-order chi connectivity index (χ1) is 9.96. The van der Waals surface area contributed by atoms with Gasteiger partial charge < -0.3 is 5.73 Å². The third kappa shape index (κ3) is 5.41. The van der Waals surface area contributed by atoms with Crippen molar-refractivity contribution in [1.82, 2.24) is 4.72 Å². The monoisotopic (exact) mass is 310 g/mol. The maximum Gasteiger partial charge on any atom is 0.212 e. The van der Waals surface area contributed by atoms with Crippen molar-refractivity contribution in [3.05, 3.63) is 35.9 Å². The number of sulfonamides is 1. The Balaban J connectivity index is 1.82. The average Bonchev–Trinajstić information content (AvgIpc) is 2.47. The molecule has 3 N–H and O–H groups in total. The van der Waals surface area contributed by atoms with Crippen molar-refractivity contribution >= 4 is 10.0 Å². The van der Waals surface area contributed by atoms with E-state index in [-0.39, 0.29) is 11.7 Å². The first kappa shape index (κ1) is 16.5. The smallest absolute Gasteiger partial charge is 0.212 e. The van der Waals surface area contributed by atoms with Crippen molar-refractivity contribution in [1.29, 1.82) is 0 Å². The second kappa shape index (κ2) is 7.38. The molecule has 0 spiro atoms. The minimum atomic E-state index is -3.22. The molecule has 0 heterocycles. The Labute approximate surface area is 128 Å². The third-order valence-electron chi connectivity index (χ3n) is 4.32. The van der Waals surface area contributed by atoms with Gasteiger partial charge in [-0.1, -0.05) is 37.3 Å². The highest BCUT2D eigenvalue weighted by molar-refractivity contribution is 7.89. The Hall–Kier alpha value is -0.910. The topological polar surface area (TPSA) is 72.2 Å². The summed E-state index contributed by atoms with van der Waals surface area (Å²) in [6, 6.07) is 10.1. The molecule has 0 bridgehead atoms. The standard InChI is InChI=1S/C16H26N2O2S/c1-13(15-5-3-2-4-6-15)12-21(19,20)18-11-14-7-9-16(17)10-8-14/h2-6,13-14,16,18H,7-12,17H2,1H3. The molecule has 0 saturated heterocycles. The van der Waals surface area contributed by atoms with E-state index >= 15 is 0 Å². The second-order valence-electron chi connectivity index (χ2n) is 6.22. The molecule has 21 heavy (non-hydrogen) atoms. The number of rotatable bonds is 6. The van der Waals surface area contributed by atoms with Crippen LogP contribution >= 0.6 is 0 Å². The van der Waals surface area contributed by atoms with Gasteiger partial charge in [0.1, 0.15) is 0 Å². The zero-order valence-electron chi connectivity index (χ0n) is 12.7. The zero-order valence-corrected chi connectivity index (χ0v) is 13.5. The fraction of sp³-hybridized carbons (Fsp3) is 0.625. The fourth-order valence-corrected chi connectivity index (χ4v) is 4.36. The summed E-state index contributed by atoms with van der Waals surface area (Å²) in [5.74, 6) is 0.582. The molecule has 118 valence electrons. The van der Waals surface area contributed by atoms with E-state index in [0.717, 1.165) is 31.2 Å². The maximum absolute atomic E-state index is 12.2. The first-order valence-electron chi connectivity index (χ1n) is 7.74. The summed E-state index contributed by atoms with van der Waals surface area (Å²) in [6.45, 7) is 2.50. The van der Waals surface area contributed by atoms with Crippen LogP contribution in [0.1, 0.15) is 44.1 Å². The molecule has 1 aromatic rings. The van der Waals surface area contributed by atoms with Crippen molar-refractivity contribution < 1.29 is 8.42 Å². The maximum atomic E-state index is 12.2. The van der Waals surface area contributed by atoms with Gasteiger partial charge in [0.25, 0.3) is 0 Å². The lowest BCUT2D eigenvalue weighted by molar-refractivity contribution is 0.326. The summed E-state index contributed by atoms with van der Waals surface area (Å²) in [6.07, 6.45) is 4.06. The van der Waals surface area contributed by atoms with Crippen LogP contribution in [0.4, 0.5) is 0 Å². The van der Waals surface area contributed by atoms with E-state index in [1.807, 2.05) is 37.3 Å². The van der Waals surface area contributed by atoms with Crippen molar-refractivity contribution in [2.75, 3.05) is 12.3 Å². The van der Waals surface area contributed by atoms with Crippen molar-refractivity contribution in [2.45, 2.75) is 44.6 Å². The number of hydrogen-bond acceptors (Lipinski definition) is 3. The van der Waals surface area contributed by atoms with Gasteiger partial charge in [0.15, 0.2) is 0 Å². The summed E-state index contributed by atoms with van der Waals surface area (Å²) in [5.41, 5.74) is 6.93. The van der Waals surface area contributed by atoms with Crippen LogP contribution in [0.3, 0.4) is 0 Å². The molecule has 5 heteroatoms. The molecule has 1 atom stereocenters. The largest absolute Gasteiger partial charge is 0.328 e. The quantitative estimate of drug-likeness (QED) is 0.846. The van der Waals surface area contributed by atoms with Crippen molar-refractivity contribution in [3.8, 4) is 0 Å². The molecule has 1 unspecified atom stereocenters. The second-order valence-corrected chi connectivity index (χ2v) is 8.07. The van der Waals surface area contributed by atoms with Gasteiger partial charge in [-0.15, -0.1) is 0 Å². The molecule has 1 saturated carbocycles. The number of benzene rings is 1. The fourth-order valence-electron chi connectivity index (χ4n) is 2.90. The normalized spacial score (nSPS) is 24.7. The molecule has 1 fully saturated rings. The highest BCUT2D eigenvalue weighted by Crippen LogP contribution is 2.23. The van der Waals surface area contributed by atoms with E-state index in [1.54, 1.807) is 0 Å². The minimum Gasteiger partial charge on any atom is -0.328 e. The lowest BCUT2D eigenvalue weighted by Gasteiger charge is -2.26. The molecular formula is C16H26N2O2S. The minimum absolute atomic E-state index is 0.00322. The van der Waals surface area contributed by atoms with Gasteiger partial charge in [0.2, 0.25) is 10.0 Å². The Bertz CT molecular complexity index is 522. The molecule has 1 aromatic carbocycles. The van der Waals surface area contributed by atoms with E-state index in [1.165, 1.54) is 0 Å².